The highest BCUT2D eigenvalue weighted by Crippen LogP contribution is 2.24. The molecular weight excluding hydrogens is 164 g/mol. The summed E-state index contributed by atoms with van der Waals surface area (Å²) in [5.74, 6) is 0.268. The minimum Gasteiger partial charge on any atom is -0.336 e. The van der Waals surface area contributed by atoms with Gasteiger partial charge in [0.2, 0.25) is 5.91 Å². The number of likely N-dealkylation sites (tertiary alicyclic amines) is 1. The topological polar surface area (TPSA) is 46.3 Å². The predicted molar refractivity (Wildman–Crippen MR) is 53.3 cm³/mol. The SMILES string of the molecule is CCC(N)C1CCC(=O)N1C(C)C. The second-order valence-corrected chi connectivity index (χ2v) is 4.07. The largest absolute Gasteiger partial charge is 0.336 e. The van der Waals surface area contributed by atoms with Crippen LogP contribution >= 0.6 is 0 Å². The molecular formula is C10H20N2O. The van der Waals surface area contributed by atoms with Crippen molar-refractivity contribution >= 4 is 5.91 Å². The van der Waals surface area contributed by atoms with Crippen LogP contribution < -0.4 is 5.73 Å². The molecule has 3 nitrogen and oxygen atoms in total. The lowest BCUT2D eigenvalue weighted by molar-refractivity contribution is -0.130. The van der Waals surface area contributed by atoms with Crippen molar-refractivity contribution in [2.24, 2.45) is 5.73 Å². The second-order valence-electron chi connectivity index (χ2n) is 4.07. The normalized spacial score (nSPS) is 25.8. The number of nitrogens with zero attached hydrogens (tertiary/aromatic N) is 1. The van der Waals surface area contributed by atoms with Gasteiger partial charge in [0.1, 0.15) is 0 Å². The Morgan fingerprint density at radius 2 is 2.23 bits per heavy atom. The lowest BCUT2D eigenvalue weighted by Crippen LogP contribution is -2.48. The quantitative estimate of drug-likeness (QED) is 0.714. The maximum absolute atomic E-state index is 11.5. The van der Waals surface area contributed by atoms with Gasteiger partial charge in [-0.1, -0.05) is 6.92 Å². The lowest BCUT2D eigenvalue weighted by Gasteiger charge is -2.32. The minimum absolute atomic E-state index is 0.147. The molecule has 1 amide bonds. The maximum atomic E-state index is 11.5. The van der Waals surface area contributed by atoms with E-state index in [0.717, 1.165) is 12.8 Å². The zero-order valence-electron chi connectivity index (χ0n) is 8.79. The molecule has 0 aromatic heterocycles. The van der Waals surface area contributed by atoms with Gasteiger partial charge in [-0.15, -0.1) is 0 Å². The Labute approximate surface area is 80.3 Å². The fourth-order valence-corrected chi connectivity index (χ4v) is 2.09. The molecule has 1 heterocycles. The van der Waals surface area contributed by atoms with E-state index in [1.54, 1.807) is 0 Å². The van der Waals surface area contributed by atoms with Crippen molar-refractivity contribution in [3.8, 4) is 0 Å². The first-order valence-electron chi connectivity index (χ1n) is 5.14. The van der Waals surface area contributed by atoms with Gasteiger partial charge in [-0.25, -0.2) is 0 Å². The molecule has 13 heavy (non-hydrogen) atoms. The van der Waals surface area contributed by atoms with Gasteiger partial charge < -0.3 is 10.6 Å². The Bertz CT molecular complexity index is 191. The molecule has 1 aliphatic rings. The average molecular weight is 184 g/mol. The van der Waals surface area contributed by atoms with Crippen molar-refractivity contribution < 1.29 is 4.79 Å². The highest BCUT2D eigenvalue weighted by Gasteiger charge is 2.35. The molecule has 0 radical (unpaired) electrons. The molecule has 2 unspecified atom stereocenters. The van der Waals surface area contributed by atoms with E-state index in [-0.39, 0.29) is 24.0 Å². The molecule has 76 valence electrons. The molecule has 0 bridgehead atoms. The van der Waals surface area contributed by atoms with Crippen molar-refractivity contribution in [2.75, 3.05) is 0 Å². The van der Waals surface area contributed by atoms with Crippen LogP contribution in [0, 0.1) is 0 Å². The first kappa shape index (κ1) is 10.5. The van der Waals surface area contributed by atoms with Crippen molar-refractivity contribution in [3.05, 3.63) is 0 Å². The summed E-state index contributed by atoms with van der Waals surface area (Å²) in [4.78, 5) is 13.5. The Kier molecular flexibility index (Phi) is 3.31. The van der Waals surface area contributed by atoms with Gasteiger partial charge in [-0.05, 0) is 26.7 Å². The third-order valence-electron chi connectivity index (χ3n) is 2.82. The summed E-state index contributed by atoms with van der Waals surface area (Å²) in [7, 11) is 0. The van der Waals surface area contributed by atoms with Gasteiger partial charge in [0.05, 0.1) is 0 Å². The minimum atomic E-state index is 0.147. The molecule has 0 spiro atoms. The molecule has 3 heteroatoms. The molecule has 1 fully saturated rings. The fraction of sp³-hybridized carbons (Fsp3) is 0.900. The molecule has 2 atom stereocenters. The first-order valence-corrected chi connectivity index (χ1v) is 5.14. The van der Waals surface area contributed by atoms with Gasteiger partial charge >= 0.3 is 0 Å². The highest BCUT2D eigenvalue weighted by atomic mass is 16.2. The smallest absolute Gasteiger partial charge is 0.223 e. The van der Waals surface area contributed by atoms with E-state index in [2.05, 4.69) is 20.8 Å². The van der Waals surface area contributed by atoms with Crippen molar-refractivity contribution in [2.45, 2.75) is 58.2 Å². The number of rotatable bonds is 3. The predicted octanol–water partition coefficient (Wildman–Crippen LogP) is 1.12. The van der Waals surface area contributed by atoms with Gasteiger partial charge in [-0.3, -0.25) is 4.79 Å². The van der Waals surface area contributed by atoms with E-state index in [9.17, 15) is 4.79 Å². The van der Waals surface area contributed by atoms with Crippen LogP contribution in [-0.2, 0) is 4.79 Å². The number of amides is 1. The monoisotopic (exact) mass is 184 g/mol. The van der Waals surface area contributed by atoms with E-state index in [1.807, 2.05) is 4.90 Å². The third kappa shape index (κ3) is 2.02. The Morgan fingerprint density at radius 3 is 2.69 bits per heavy atom. The molecule has 1 aliphatic heterocycles. The summed E-state index contributed by atoms with van der Waals surface area (Å²) in [5, 5.41) is 0. The summed E-state index contributed by atoms with van der Waals surface area (Å²) in [5.41, 5.74) is 5.97. The van der Waals surface area contributed by atoms with Crippen molar-refractivity contribution in [1.82, 2.24) is 4.90 Å². The molecule has 0 aromatic rings. The number of nitrogens with two attached hydrogens (primary N) is 1. The first-order chi connectivity index (χ1) is 6.07. The summed E-state index contributed by atoms with van der Waals surface area (Å²) in [6.45, 7) is 6.18. The van der Waals surface area contributed by atoms with E-state index >= 15 is 0 Å². The fourth-order valence-electron chi connectivity index (χ4n) is 2.09. The Balaban J connectivity index is 2.69. The Morgan fingerprint density at radius 1 is 1.62 bits per heavy atom. The summed E-state index contributed by atoms with van der Waals surface area (Å²) in [6.07, 6.45) is 2.56. The van der Waals surface area contributed by atoms with Gasteiger partial charge in [-0.2, -0.15) is 0 Å². The van der Waals surface area contributed by atoms with Crippen LogP contribution in [0.5, 0.6) is 0 Å². The summed E-state index contributed by atoms with van der Waals surface area (Å²) < 4.78 is 0. The number of carbonyl (C=O) groups excluding carboxylic acids is 1. The van der Waals surface area contributed by atoms with Crippen LogP contribution in [0.15, 0.2) is 0 Å². The van der Waals surface area contributed by atoms with E-state index in [0.29, 0.717) is 6.42 Å². The van der Waals surface area contributed by atoms with Crippen LogP contribution in [0.4, 0.5) is 0 Å². The van der Waals surface area contributed by atoms with Crippen LogP contribution in [-0.4, -0.2) is 28.9 Å². The zero-order chi connectivity index (χ0) is 10.0. The molecule has 0 aliphatic carbocycles. The van der Waals surface area contributed by atoms with Crippen LogP contribution in [0.1, 0.15) is 40.0 Å². The molecule has 1 saturated heterocycles. The zero-order valence-corrected chi connectivity index (χ0v) is 8.79. The molecule has 0 saturated carbocycles. The summed E-state index contributed by atoms with van der Waals surface area (Å²) >= 11 is 0. The number of carbonyl (C=O) groups is 1. The maximum Gasteiger partial charge on any atom is 0.223 e. The number of hydrogen-bond donors (Lipinski definition) is 1. The van der Waals surface area contributed by atoms with Crippen LogP contribution in [0.25, 0.3) is 0 Å². The molecule has 2 N–H and O–H groups in total. The van der Waals surface area contributed by atoms with Gasteiger partial charge in [0.15, 0.2) is 0 Å². The van der Waals surface area contributed by atoms with Gasteiger partial charge in [0.25, 0.3) is 0 Å². The standard InChI is InChI=1S/C10H20N2O/c1-4-8(11)9-5-6-10(13)12(9)7(2)3/h7-9H,4-6,11H2,1-3H3. The molecule has 1 rings (SSSR count). The third-order valence-corrected chi connectivity index (χ3v) is 2.82. The highest BCUT2D eigenvalue weighted by molar-refractivity contribution is 5.79. The molecule has 0 aromatic carbocycles. The van der Waals surface area contributed by atoms with Crippen molar-refractivity contribution in [3.63, 3.8) is 0 Å². The lowest BCUT2D eigenvalue weighted by atomic mass is 10.0. The van der Waals surface area contributed by atoms with E-state index in [1.165, 1.54) is 0 Å². The van der Waals surface area contributed by atoms with E-state index < -0.39 is 0 Å². The van der Waals surface area contributed by atoms with E-state index in [4.69, 9.17) is 5.73 Å². The van der Waals surface area contributed by atoms with Crippen LogP contribution in [0.3, 0.4) is 0 Å². The average Bonchev–Trinajstić information content (AvgIpc) is 2.45. The summed E-state index contributed by atoms with van der Waals surface area (Å²) in [6, 6.07) is 0.712. The Hall–Kier alpha value is -0.570. The second kappa shape index (κ2) is 4.09. The van der Waals surface area contributed by atoms with Crippen molar-refractivity contribution in [1.29, 1.82) is 0 Å². The van der Waals surface area contributed by atoms with Gasteiger partial charge in [0, 0.05) is 24.5 Å². The number of hydrogen-bond acceptors (Lipinski definition) is 2. The van der Waals surface area contributed by atoms with Crippen LogP contribution in [0.2, 0.25) is 0 Å².